The first-order valence-corrected chi connectivity index (χ1v) is 6.74. The number of carbonyl (C=O) groups is 1. The largest absolute Gasteiger partial charge is 0.276 e. The predicted octanol–water partition coefficient (Wildman–Crippen LogP) is 2.73. The van der Waals surface area contributed by atoms with E-state index in [0.717, 1.165) is 5.69 Å². The number of amides is 1. The second-order valence-electron chi connectivity index (χ2n) is 4.58. The van der Waals surface area contributed by atoms with E-state index >= 15 is 0 Å². The zero-order chi connectivity index (χ0) is 16.7. The molecule has 0 bridgehead atoms. The number of para-hydroxylation sites is 1. The third-order valence-electron chi connectivity index (χ3n) is 2.91. The third kappa shape index (κ3) is 4.57. The number of carbonyl (C=O) groups excluding carboxylic acids is 1. The standard InChI is InChI=1S/C16H14N4O3/c1-12-8-9-14(11-17-12)16(21)19-18-10-4-6-13-5-2-3-7-15(13)20(22)23/h2-11H,1H3,(H,19,21)/b6-4+,18-10+. The number of nitro groups is 1. The van der Waals surface area contributed by atoms with E-state index < -0.39 is 4.92 Å². The highest BCUT2D eigenvalue weighted by molar-refractivity contribution is 5.94. The molecule has 0 saturated heterocycles. The molecule has 0 radical (unpaired) electrons. The Balaban J connectivity index is 1.95. The van der Waals surface area contributed by atoms with Crippen molar-refractivity contribution in [1.29, 1.82) is 0 Å². The van der Waals surface area contributed by atoms with Crippen molar-refractivity contribution < 1.29 is 9.72 Å². The van der Waals surface area contributed by atoms with E-state index in [1.54, 1.807) is 36.4 Å². The zero-order valence-corrected chi connectivity index (χ0v) is 12.3. The van der Waals surface area contributed by atoms with Gasteiger partial charge in [-0.2, -0.15) is 5.10 Å². The van der Waals surface area contributed by atoms with Gasteiger partial charge in [0, 0.05) is 24.2 Å². The highest BCUT2D eigenvalue weighted by Gasteiger charge is 2.08. The number of rotatable bonds is 5. The number of allylic oxidation sites excluding steroid dienone is 1. The molecule has 1 heterocycles. The summed E-state index contributed by atoms with van der Waals surface area (Å²) in [4.78, 5) is 26.2. The van der Waals surface area contributed by atoms with E-state index in [2.05, 4.69) is 15.5 Å². The molecule has 0 aliphatic heterocycles. The number of hydrogen-bond donors (Lipinski definition) is 1. The molecule has 116 valence electrons. The second kappa shape index (κ2) is 7.60. The van der Waals surface area contributed by atoms with E-state index in [4.69, 9.17) is 0 Å². The molecule has 0 fully saturated rings. The predicted molar refractivity (Wildman–Crippen MR) is 87.1 cm³/mol. The van der Waals surface area contributed by atoms with Gasteiger partial charge in [-0.05, 0) is 37.3 Å². The van der Waals surface area contributed by atoms with E-state index in [0.29, 0.717) is 11.1 Å². The lowest BCUT2D eigenvalue weighted by Gasteiger charge is -1.98. The van der Waals surface area contributed by atoms with Gasteiger partial charge in [0.15, 0.2) is 0 Å². The second-order valence-corrected chi connectivity index (χ2v) is 4.58. The molecule has 0 aliphatic rings. The van der Waals surface area contributed by atoms with Gasteiger partial charge in [-0.15, -0.1) is 0 Å². The molecule has 0 aliphatic carbocycles. The Labute approximate surface area is 132 Å². The van der Waals surface area contributed by atoms with E-state index in [1.807, 2.05) is 6.92 Å². The van der Waals surface area contributed by atoms with E-state index in [9.17, 15) is 14.9 Å². The summed E-state index contributed by atoms with van der Waals surface area (Å²) in [6.07, 6.45) is 5.86. The van der Waals surface area contributed by atoms with Gasteiger partial charge < -0.3 is 0 Å². The molecule has 7 heteroatoms. The molecule has 2 aromatic rings. The molecule has 1 aromatic heterocycles. The lowest BCUT2D eigenvalue weighted by molar-refractivity contribution is -0.385. The van der Waals surface area contributed by atoms with Gasteiger partial charge in [-0.3, -0.25) is 19.9 Å². The summed E-state index contributed by atoms with van der Waals surface area (Å²) in [7, 11) is 0. The van der Waals surface area contributed by atoms with Gasteiger partial charge in [0.1, 0.15) is 0 Å². The van der Waals surface area contributed by atoms with Crippen LogP contribution in [0.2, 0.25) is 0 Å². The fraction of sp³-hybridized carbons (Fsp3) is 0.0625. The summed E-state index contributed by atoms with van der Waals surface area (Å²) in [6, 6.07) is 9.72. The fourth-order valence-corrected chi connectivity index (χ4v) is 1.75. The van der Waals surface area contributed by atoms with E-state index in [1.165, 1.54) is 24.6 Å². The van der Waals surface area contributed by atoms with Crippen molar-refractivity contribution in [2.75, 3.05) is 0 Å². The molecule has 0 atom stereocenters. The maximum atomic E-state index is 11.8. The summed E-state index contributed by atoms with van der Waals surface area (Å²) in [6.45, 7) is 1.83. The van der Waals surface area contributed by atoms with Gasteiger partial charge in [-0.1, -0.05) is 12.1 Å². The van der Waals surface area contributed by atoms with Crippen LogP contribution in [0.5, 0.6) is 0 Å². The number of aromatic nitrogens is 1. The van der Waals surface area contributed by atoms with Gasteiger partial charge in [-0.25, -0.2) is 5.43 Å². The molecule has 0 spiro atoms. The molecule has 2 rings (SSSR count). The van der Waals surface area contributed by atoms with Gasteiger partial charge in [0.2, 0.25) is 0 Å². The molecule has 0 unspecified atom stereocenters. The Morgan fingerprint density at radius 2 is 2.09 bits per heavy atom. The van der Waals surface area contributed by atoms with Crippen molar-refractivity contribution >= 4 is 23.9 Å². The van der Waals surface area contributed by atoms with Gasteiger partial charge in [0.25, 0.3) is 11.6 Å². The van der Waals surface area contributed by atoms with Crippen molar-refractivity contribution in [3.63, 3.8) is 0 Å². The Kier molecular flexibility index (Phi) is 5.30. The van der Waals surface area contributed by atoms with Crippen LogP contribution in [-0.2, 0) is 0 Å². The van der Waals surface area contributed by atoms with Crippen LogP contribution in [0.3, 0.4) is 0 Å². The van der Waals surface area contributed by atoms with E-state index in [-0.39, 0.29) is 11.6 Å². The first kappa shape index (κ1) is 16.0. The number of aryl methyl sites for hydroxylation is 1. The van der Waals surface area contributed by atoms with Crippen LogP contribution in [0.15, 0.2) is 53.8 Å². The Morgan fingerprint density at radius 3 is 2.78 bits per heavy atom. The number of nitrogens with zero attached hydrogens (tertiary/aromatic N) is 3. The number of pyridine rings is 1. The quantitative estimate of drug-likeness (QED) is 0.521. The van der Waals surface area contributed by atoms with Crippen LogP contribution in [-0.4, -0.2) is 22.0 Å². The Hall–Kier alpha value is -3.35. The minimum Gasteiger partial charge on any atom is -0.267 e. The Bertz CT molecular complexity index is 767. The van der Waals surface area contributed by atoms with Crippen LogP contribution in [0, 0.1) is 17.0 Å². The van der Waals surface area contributed by atoms with Gasteiger partial charge in [0.05, 0.1) is 16.1 Å². The SMILES string of the molecule is Cc1ccc(C(=O)N/N=C/C=C/c2ccccc2[N+](=O)[O-])cn1. The van der Waals surface area contributed by atoms with Crippen molar-refractivity contribution in [3.05, 3.63) is 75.6 Å². The summed E-state index contributed by atoms with van der Waals surface area (Å²) < 4.78 is 0. The summed E-state index contributed by atoms with van der Waals surface area (Å²) in [5.74, 6) is -0.382. The van der Waals surface area contributed by atoms with Crippen molar-refractivity contribution in [2.45, 2.75) is 6.92 Å². The van der Waals surface area contributed by atoms with Crippen LogP contribution in [0.1, 0.15) is 21.6 Å². The minimum atomic E-state index is -0.455. The average molecular weight is 310 g/mol. The van der Waals surface area contributed by atoms with Crippen LogP contribution in [0.25, 0.3) is 6.08 Å². The van der Waals surface area contributed by atoms with Crippen molar-refractivity contribution in [2.24, 2.45) is 5.10 Å². The van der Waals surface area contributed by atoms with Crippen LogP contribution in [0.4, 0.5) is 5.69 Å². The third-order valence-corrected chi connectivity index (χ3v) is 2.91. The first-order valence-electron chi connectivity index (χ1n) is 6.74. The zero-order valence-electron chi connectivity index (χ0n) is 12.3. The summed E-state index contributed by atoms with van der Waals surface area (Å²) in [5.41, 5.74) is 4.03. The topological polar surface area (TPSA) is 97.5 Å². The number of benzene rings is 1. The molecule has 0 saturated carbocycles. The van der Waals surface area contributed by atoms with Crippen molar-refractivity contribution in [1.82, 2.24) is 10.4 Å². The van der Waals surface area contributed by atoms with Crippen LogP contribution < -0.4 is 5.43 Å². The Morgan fingerprint density at radius 1 is 1.30 bits per heavy atom. The number of nitro benzene ring substituents is 1. The molecular formula is C16H14N4O3. The molecular weight excluding hydrogens is 296 g/mol. The normalized spacial score (nSPS) is 11.0. The van der Waals surface area contributed by atoms with Crippen LogP contribution >= 0.6 is 0 Å². The number of hydrogen-bond acceptors (Lipinski definition) is 5. The molecule has 1 N–H and O–H groups in total. The summed E-state index contributed by atoms with van der Waals surface area (Å²) in [5, 5.41) is 14.6. The minimum absolute atomic E-state index is 0.00640. The first-order chi connectivity index (χ1) is 11.1. The lowest BCUT2D eigenvalue weighted by Crippen LogP contribution is -2.17. The monoisotopic (exact) mass is 310 g/mol. The lowest BCUT2D eigenvalue weighted by atomic mass is 10.2. The molecule has 1 amide bonds. The highest BCUT2D eigenvalue weighted by atomic mass is 16.6. The highest BCUT2D eigenvalue weighted by Crippen LogP contribution is 2.18. The fourth-order valence-electron chi connectivity index (χ4n) is 1.75. The summed E-state index contributed by atoms with van der Waals surface area (Å²) >= 11 is 0. The van der Waals surface area contributed by atoms with Gasteiger partial charge >= 0.3 is 0 Å². The smallest absolute Gasteiger partial charge is 0.267 e. The number of nitrogens with one attached hydrogen (secondary N) is 1. The average Bonchev–Trinajstić information content (AvgIpc) is 2.55. The maximum Gasteiger partial charge on any atom is 0.276 e. The number of hydrazone groups is 1. The maximum absolute atomic E-state index is 11.8. The molecule has 1 aromatic carbocycles. The molecule has 23 heavy (non-hydrogen) atoms. The molecule has 7 nitrogen and oxygen atoms in total. The van der Waals surface area contributed by atoms with Crippen molar-refractivity contribution in [3.8, 4) is 0 Å².